The van der Waals surface area contributed by atoms with Gasteiger partial charge < -0.3 is 26.6 Å². The molecule has 2 atom stereocenters. The van der Waals surface area contributed by atoms with Gasteiger partial charge in [-0.15, -0.1) is 0 Å². The van der Waals surface area contributed by atoms with Crippen molar-refractivity contribution >= 4 is 23.9 Å². The van der Waals surface area contributed by atoms with Crippen molar-refractivity contribution in [1.82, 2.24) is 10.6 Å². The largest absolute Gasteiger partial charge is 0.481 e. The van der Waals surface area contributed by atoms with Gasteiger partial charge in [0, 0.05) is 6.42 Å². The van der Waals surface area contributed by atoms with Crippen molar-refractivity contribution in [3.05, 3.63) is 0 Å². The summed E-state index contributed by atoms with van der Waals surface area (Å²) in [5.74, 6) is -3.31. The predicted molar refractivity (Wildman–Crippen MR) is 58.6 cm³/mol. The van der Waals surface area contributed by atoms with Crippen LogP contribution >= 0.6 is 0 Å². The topological polar surface area (TPSA) is 159 Å². The highest BCUT2D eigenvalue weighted by molar-refractivity contribution is 5.87. The SMILES string of the molecule is CC(NC(=O)N[C@@H](CCC(=O)O)C(=O)O)C(N)=O. The van der Waals surface area contributed by atoms with Crippen molar-refractivity contribution in [2.45, 2.75) is 31.8 Å². The van der Waals surface area contributed by atoms with Crippen molar-refractivity contribution < 1.29 is 29.4 Å². The van der Waals surface area contributed by atoms with Crippen LogP contribution in [0.15, 0.2) is 0 Å². The molecule has 3 amide bonds. The smallest absolute Gasteiger partial charge is 0.326 e. The lowest BCUT2D eigenvalue weighted by Crippen LogP contribution is -2.51. The first-order valence-corrected chi connectivity index (χ1v) is 5.05. The number of carboxylic acids is 2. The van der Waals surface area contributed by atoms with Crippen molar-refractivity contribution in [2.24, 2.45) is 5.73 Å². The van der Waals surface area contributed by atoms with Crippen LogP contribution in [0, 0.1) is 0 Å². The molecule has 0 rings (SSSR count). The molecule has 0 fully saturated rings. The lowest BCUT2D eigenvalue weighted by molar-refractivity contribution is -0.140. The maximum absolute atomic E-state index is 11.3. The van der Waals surface area contributed by atoms with Gasteiger partial charge in [0.15, 0.2) is 0 Å². The molecule has 0 aliphatic carbocycles. The summed E-state index contributed by atoms with van der Waals surface area (Å²) in [5.41, 5.74) is 4.90. The fourth-order valence-corrected chi connectivity index (χ4v) is 0.993. The number of urea groups is 1. The minimum atomic E-state index is -1.36. The Morgan fingerprint density at radius 2 is 1.72 bits per heavy atom. The van der Waals surface area contributed by atoms with E-state index in [1.165, 1.54) is 6.92 Å². The lowest BCUT2D eigenvalue weighted by Gasteiger charge is -2.16. The van der Waals surface area contributed by atoms with Crippen LogP contribution in [0.5, 0.6) is 0 Å². The van der Waals surface area contributed by atoms with E-state index in [9.17, 15) is 19.2 Å². The predicted octanol–water partition coefficient (Wildman–Crippen LogP) is -1.52. The van der Waals surface area contributed by atoms with Crippen molar-refractivity contribution in [1.29, 1.82) is 0 Å². The molecule has 102 valence electrons. The molecule has 6 N–H and O–H groups in total. The van der Waals surface area contributed by atoms with Gasteiger partial charge in [0.05, 0.1) is 0 Å². The number of primary amides is 1. The average Bonchev–Trinajstić information content (AvgIpc) is 2.23. The van der Waals surface area contributed by atoms with E-state index in [-0.39, 0.29) is 6.42 Å². The van der Waals surface area contributed by atoms with E-state index in [4.69, 9.17) is 15.9 Å². The van der Waals surface area contributed by atoms with Crippen molar-refractivity contribution in [3.63, 3.8) is 0 Å². The maximum Gasteiger partial charge on any atom is 0.326 e. The molecule has 0 aromatic rings. The second-order valence-electron chi connectivity index (χ2n) is 3.57. The zero-order valence-corrected chi connectivity index (χ0v) is 9.67. The van der Waals surface area contributed by atoms with E-state index < -0.39 is 42.4 Å². The number of hydrogen-bond donors (Lipinski definition) is 5. The van der Waals surface area contributed by atoms with E-state index in [0.29, 0.717) is 0 Å². The second kappa shape index (κ2) is 7.09. The number of nitrogens with one attached hydrogen (secondary N) is 2. The highest BCUT2D eigenvalue weighted by atomic mass is 16.4. The lowest BCUT2D eigenvalue weighted by atomic mass is 10.1. The van der Waals surface area contributed by atoms with E-state index in [1.807, 2.05) is 5.32 Å². The number of nitrogens with two attached hydrogens (primary N) is 1. The highest BCUT2D eigenvalue weighted by Gasteiger charge is 2.22. The summed E-state index contributed by atoms with van der Waals surface area (Å²) in [6.45, 7) is 1.33. The Labute approximate surface area is 102 Å². The number of aliphatic carboxylic acids is 2. The van der Waals surface area contributed by atoms with E-state index >= 15 is 0 Å². The molecular weight excluding hydrogens is 246 g/mol. The fourth-order valence-electron chi connectivity index (χ4n) is 0.993. The van der Waals surface area contributed by atoms with Crippen LogP contribution in [0.3, 0.4) is 0 Å². The number of carbonyl (C=O) groups is 4. The van der Waals surface area contributed by atoms with Gasteiger partial charge >= 0.3 is 18.0 Å². The molecule has 9 nitrogen and oxygen atoms in total. The molecule has 0 heterocycles. The van der Waals surface area contributed by atoms with Gasteiger partial charge in [-0.2, -0.15) is 0 Å². The third-order valence-corrected chi connectivity index (χ3v) is 2.02. The Balaban J connectivity index is 4.32. The van der Waals surface area contributed by atoms with Crippen LogP contribution in [0.25, 0.3) is 0 Å². The van der Waals surface area contributed by atoms with Crippen LogP contribution in [-0.4, -0.2) is 46.2 Å². The van der Waals surface area contributed by atoms with Gasteiger partial charge in [-0.25, -0.2) is 9.59 Å². The molecular formula is C9H15N3O6. The third-order valence-electron chi connectivity index (χ3n) is 2.02. The van der Waals surface area contributed by atoms with Gasteiger partial charge in [-0.3, -0.25) is 9.59 Å². The summed E-state index contributed by atoms with van der Waals surface area (Å²) < 4.78 is 0. The number of amides is 3. The molecule has 1 unspecified atom stereocenters. The monoisotopic (exact) mass is 261 g/mol. The summed E-state index contributed by atoms with van der Waals surface area (Å²) >= 11 is 0. The third kappa shape index (κ3) is 6.30. The van der Waals surface area contributed by atoms with E-state index in [0.717, 1.165) is 0 Å². The molecule has 0 bridgehead atoms. The van der Waals surface area contributed by atoms with Crippen molar-refractivity contribution in [2.75, 3.05) is 0 Å². The minimum Gasteiger partial charge on any atom is -0.481 e. The van der Waals surface area contributed by atoms with Crippen LogP contribution in [-0.2, 0) is 14.4 Å². The molecule has 0 spiro atoms. The average molecular weight is 261 g/mol. The maximum atomic E-state index is 11.3. The van der Waals surface area contributed by atoms with E-state index in [1.54, 1.807) is 0 Å². The molecule has 0 saturated heterocycles. The molecule has 0 aliphatic heterocycles. The number of carbonyl (C=O) groups excluding carboxylic acids is 2. The Bertz CT molecular complexity index is 356. The van der Waals surface area contributed by atoms with Gasteiger partial charge in [0.25, 0.3) is 0 Å². The van der Waals surface area contributed by atoms with E-state index in [2.05, 4.69) is 5.32 Å². The molecule has 18 heavy (non-hydrogen) atoms. The van der Waals surface area contributed by atoms with Crippen molar-refractivity contribution in [3.8, 4) is 0 Å². The summed E-state index contributed by atoms with van der Waals surface area (Å²) in [5, 5.41) is 21.3. The number of hydrogen-bond acceptors (Lipinski definition) is 4. The molecule has 9 heteroatoms. The van der Waals surface area contributed by atoms with Crippen LogP contribution in [0.1, 0.15) is 19.8 Å². The number of carboxylic acid groups (broad SMARTS) is 2. The quantitative estimate of drug-likeness (QED) is 0.374. The zero-order chi connectivity index (χ0) is 14.3. The van der Waals surface area contributed by atoms with Gasteiger partial charge in [-0.1, -0.05) is 0 Å². The van der Waals surface area contributed by atoms with Crippen LogP contribution in [0.4, 0.5) is 4.79 Å². The Morgan fingerprint density at radius 3 is 2.11 bits per heavy atom. The first-order chi connectivity index (χ1) is 8.23. The minimum absolute atomic E-state index is 0.261. The van der Waals surface area contributed by atoms with Gasteiger partial charge in [-0.05, 0) is 13.3 Å². The summed E-state index contributed by atoms with van der Waals surface area (Å²) in [4.78, 5) is 43.0. The Kier molecular flexibility index (Phi) is 6.18. The molecule has 0 saturated carbocycles. The summed E-state index contributed by atoms with van der Waals surface area (Å²) in [6, 6.07) is -3.21. The van der Waals surface area contributed by atoms with Gasteiger partial charge in [0.1, 0.15) is 12.1 Å². The Hall–Kier alpha value is -2.32. The molecule has 0 aliphatic rings. The normalized spacial score (nSPS) is 13.2. The molecule has 0 aromatic carbocycles. The second-order valence-corrected chi connectivity index (χ2v) is 3.57. The van der Waals surface area contributed by atoms with Crippen LogP contribution in [0.2, 0.25) is 0 Å². The summed E-state index contributed by atoms with van der Waals surface area (Å²) in [7, 11) is 0. The number of rotatable bonds is 7. The highest BCUT2D eigenvalue weighted by Crippen LogP contribution is 1.98. The summed E-state index contributed by atoms with van der Waals surface area (Å²) in [6.07, 6.45) is -0.661. The Morgan fingerprint density at radius 1 is 1.17 bits per heavy atom. The fraction of sp³-hybridized carbons (Fsp3) is 0.556. The van der Waals surface area contributed by atoms with Crippen LogP contribution < -0.4 is 16.4 Å². The zero-order valence-electron chi connectivity index (χ0n) is 9.67. The first-order valence-electron chi connectivity index (χ1n) is 5.05. The van der Waals surface area contributed by atoms with Gasteiger partial charge in [0.2, 0.25) is 5.91 Å². The standard InChI is InChI=1S/C9H15N3O6/c1-4(7(10)15)11-9(18)12-5(8(16)17)2-3-6(13)14/h4-5H,2-3H2,1H3,(H2,10,15)(H,13,14)(H,16,17)(H2,11,12,18)/t4?,5-/m0/s1. The first kappa shape index (κ1) is 15.7. The molecule has 0 aromatic heterocycles. The molecule has 0 radical (unpaired) electrons.